The molecule has 1 aromatic carbocycles. The number of nitrogens with zero attached hydrogens (tertiary/aromatic N) is 1. The van der Waals surface area contributed by atoms with Gasteiger partial charge in [-0.05, 0) is 61.6 Å². The molecular formula is C22H33ClN2O4S. The zero-order valence-electron chi connectivity index (χ0n) is 17.7. The van der Waals surface area contributed by atoms with Crippen LogP contribution < -0.4 is 5.32 Å². The molecule has 2 unspecified atom stereocenters. The van der Waals surface area contributed by atoms with E-state index in [0.717, 1.165) is 70.6 Å². The van der Waals surface area contributed by atoms with Gasteiger partial charge in [-0.25, -0.2) is 8.42 Å². The van der Waals surface area contributed by atoms with Gasteiger partial charge in [0.15, 0.2) is 0 Å². The second-order valence-electron chi connectivity index (χ2n) is 9.14. The number of hydrogen-bond donors (Lipinski definition) is 1. The van der Waals surface area contributed by atoms with Gasteiger partial charge in [0.1, 0.15) is 4.90 Å². The van der Waals surface area contributed by atoms with Gasteiger partial charge in [-0.1, -0.05) is 24.9 Å². The van der Waals surface area contributed by atoms with E-state index in [1.165, 1.54) is 0 Å². The standard InChI is InChI=1S/C22H33ClN2O4S/c1-17-15-29-11-6-20(17)24-18-4-5-21(19(23)14-18)30(26,27)25-10-3-2-7-22(16-25)8-12-28-13-9-22/h4-5,14,17,20,24H,2-3,6-13,15-16H2,1H3. The Balaban J connectivity index is 1.53. The predicted octanol–water partition coefficient (Wildman–Crippen LogP) is 4.15. The number of ether oxygens (including phenoxy) is 2. The van der Waals surface area contributed by atoms with Crippen LogP contribution in [0.1, 0.15) is 45.4 Å². The molecule has 4 rings (SSSR count). The average Bonchev–Trinajstić information content (AvgIpc) is 2.93. The minimum atomic E-state index is -3.64. The first-order valence-corrected chi connectivity index (χ1v) is 12.9. The molecule has 0 saturated carbocycles. The molecule has 30 heavy (non-hydrogen) atoms. The van der Waals surface area contributed by atoms with E-state index in [1.54, 1.807) is 16.4 Å². The average molecular weight is 457 g/mol. The highest BCUT2D eigenvalue weighted by Crippen LogP contribution is 2.40. The molecule has 3 saturated heterocycles. The molecule has 3 aliphatic rings. The molecule has 0 radical (unpaired) electrons. The lowest BCUT2D eigenvalue weighted by Gasteiger charge is -2.39. The van der Waals surface area contributed by atoms with Crippen molar-refractivity contribution in [3.63, 3.8) is 0 Å². The molecule has 6 nitrogen and oxygen atoms in total. The van der Waals surface area contributed by atoms with Crippen molar-refractivity contribution >= 4 is 27.3 Å². The fraction of sp³-hybridized carbons (Fsp3) is 0.727. The van der Waals surface area contributed by atoms with E-state index < -0.39 is 10.0 Å². The van der Waals surface area contributed by atoms with Gasteiger partial charge < -0.3 is 14.8 Å². The first-order valence-electron chi connectivity index (χ1n) is 11.1. The zero-order chi connectivity index (χ0) is 21.2. The highest BCUT2D eigenvalue weighted by Gasteiger charge is 2.40. The Morgan fingerprint density at radius 1 is 1.13 bits per heavy atom. The molecule has 3 fully saturated rings. The van der Waals surface area contributed by atoms with Crippen LogP contribution in [0.2, 0.25) is 5.02 Å². The summed E-state index contributed by atoms with van der Waals surface area (Å²) in [6, 6.07) is 5.55. The zero-order valence-corrected chi connectivity index (χ0v) is 19.3. The van der Waals surface area contributed by atoms with Crippen LogP contribution in [0.25, 0.3) is 0 Å². The normalized spacial score (nSPS) is 28.2. The van der Waals surface area contributed by atoms with E-state index >= 15 is 0 Å². The second-order valence-corrected chi connectivity index (χ2v) is 11.5. The third-order valence-electron chi connectivity index (χ3n) is 6.97. The monoisotopic (exact) mass is 456 g/mol. The Kier molecular flexibility index (Phi) is 6.95. The number of anilines is 1. The third-order valence-corrected chi connectivity index (χ3v) is 9.30. The maximum Gasteiger partial charge on any atom is 0.244 e. The molecule has 1 aromatic rings. The second kappa shape index (κ2) is 9.33. The molecule has 168 valence electrons. The molecule has 2 atom stereocenters. The summed E-state index contributed by atoms with van der Waals surface area (Å²) in [5.41, 5.74) is 0.893. The fourth-order valence-electron chi connectivity index (χ4n) is 4.99. The van der Waals surface area contributed by atoms with E-state index in [-0.39, 0.29) is 15.3 Å². The predicted molar refractivity (Wildman–Crippen MR) is 119 cm³/mol. The van der Waals surface area contributed by atoms with Gasteiger partial charge in [-0.15, -0.1) is 0 Å². The maximum atomic E-state index is 13.5. The van der Waals surface area contributed by atoms with Crippen molar-refractivity contribution in [3.8, 4) is 0 Å². The van der Waals surface area contributed by atoms with Gasteiger partial charge in [0, 0.05) is 44.6 Å². The summed E-state index contributed by atoms with van der Waals surface area (Å²) in [6.07, 6.45) is 5.81. The lowest BCUT2D eigenvalue weighted by molar-refractivity contribution is 0.00552. The lowest BCUT2D eigenvalue weighted by Crippen LogP contribution is -2.42. The summed E-state index contributed by atoms with van der Waals surface area (Å²) in [7, 11) is -3.64. The Morgan fingerprint density at radius 2 is 1.93 bits per heavy atom. The fourth-order valence-corrected chi connectivity index (χ4v) is 7.10. The topological polar surface area (TPSA) is 67.9 Å². The summed E-state index contributed by atoms with van der Waals surface area (Å²) in [4.78, 5) is 0.207. The Labute approximate surface area is 185 Å². The summed E-state index contributed by atoms with van der Waals surface area (Å²) >= 11 is 6.51. The number of hydrogen-bond acceptors (Lipinski definition) is 5. The number of halogens is 1. The summed E-state index contributed by atoms with van der Waals surface area (Å²) in [6.45, 7) is 6.20. The van der Waals surface area contributed by atoms with Crippen molar-refractivity contribution in [3.05, 3.63) is 23.2 Å². The van der Waals surface area contributed by atoms with E-state index in [0.29, 0.717) is 25.0 Å². The van der Waals surface area contributed by atoms with Crippen molar-refractivity contribution in [2.45, 2.75) is 56.4 Å². The molecule has 8 heteroatoms. The minimum absolute atomic E-state index is 0.0367. The highest BCUT2D eigenvalue weighted by atomic mass is 35.5. The van der Waals surface area contributed by atoms with Gasteiger partial charge in [0.05, 0.1) is 11.6 Å². The van der Waals surface area contributed by atoms with Crippen molar-refractivity contribution < 1.29 is 17.9 Å². The SMILES string of the molecule is CC1COCCC1Nc1ccc(S(=O)(=O)N2CCCCC3(CCOCC3)C2)c(Cl)c1. The number of sulfonamides is 1. The van der Waals surface area contributed by atoms with Gasteiger partial charge in [0.2, 0.25) is 10.0 Å². The van der Waals surface area contributed by atoms with E-state index in [2.05, 4.69) is 12.2 Å². The van der Waals surface area contributed by atoms with Crippen LogP contribution in [0.15, 0.2) is 23.1 Å². The first kappa shape index (κ1) is 22.3. The molecule has 0 amide bonds. The smallest absolute Gasteiger partial charge is 0.244 e. The molecule has 3 aliphatic heterocycles. The highest BCUT2D eigenvalue weighted by molar-refractivity contribution is 7.89. The molecule has 3 heterocycles. The van der Waals surface area contributed by atoms with Crippen LogP contribution in [0.4, 0.5) is 5.69 Å². The molecular weight excluding hydrogens is 424 g/mol. The minimum Gasteiger partial charge on any atom is -0.382 e. The van der Waals surface area contributed by atoms with Gasteiger partial charge >= 0.3 is 0 Å². The summed E-state index contributed by atoms with van der Waals surface area (Å²) < 4.78 is 39.7. The first-order chi connectivity index (χ1) is 14.4. The molecule has 0 aromatic heterocycles. The summed E-state index contributed by atoms with van der Waals surface area (Å²) in [5, 5.41) is 3.78. The van der Waals surface area contributed by atoms with Crippen LogP contribution in [0, 0.1) is 11.3 Å². The maximum absolute atomic E-state index is 13.5. The number of rotatable bonds is 4. The Bertz CT molecular complexity index is 842. The quantitative estimate of drug-likeness (QED) is 0.737. The largest absolute Gasteiger partial charge is 0.382 e. The van der Waals surface area contributed by atoms with E-state index in [4.69, 9.17) is 21.1 Å². The third kappa shape index (κ3) is 4.80. The van der Waals surface area contributed by atoms with Crippen molar-refractivity contribution in [1.82, 2.24) is 4.31 Å². The van der Waals surface area contributed by atoms with Crippen LogP contribution >= 0.6 is 11.6 Å². The lowest BCUT2D eigenvalue weighted by atomic mass is 9.77. The molecule has 0 bridgehead atoms. The molecule has 0 aliphatic carbocycles. The van der Waals surface area contributed by atoms with Crippen LogP contribution in [-0.2, 0) is 19.5 Å². The van der Waals surface area contributed by atoms with E-state index in [9.17, 15) is 8.42 Å². The van der Waals surface area contributed by atoms with Crippen LogP contribution in [0.3, 0.4) is 0 Å². The van der Waals surface area contributed by atoms with Crippen molar-refractivity contribution in [2.75, 3.05) is 44.8 Å². The number of nitrogens with one attached hydrogen (secondary N) is 1. The summed E-state index contributed by atoms with van der Waals surface area (Å²) in [5.74, 6) is 0.397. The van der Waals surface area contributed by atoms with E-state index in [1.807, 2.05) is 6.07 Å². The Morgan fingerprint density at radius 3 is 2.67 bits per heavy atom. The van der Waals surface area contributed by atoms with Gasteiger partial charge in [-0.3, -0.25) is 0 Å². The molecule has 1 N–H and O–H groups in total. The molecule has 1 spiro atoms. The van der Waals surface area contributed by atoms with Gasteiger partial charge in [-0.2, -0.15) is 4.31 Å². The Hall–Kier alpha value is -0.860. The van der Waals surface area contributed by atoms with Crippen LogP contribution in [-0.4, -0.2) is 58.3 Å². The van der Waals surface area contributed by atoms with Crippen molar-refractivity contribution in [2.24, 2.45) is 11.3 Å². The van der Waals surface area contributed by atoms with Crippen LogP contribution in [0.5, 0.6) is 0 Å². The van der Waals surface area contributed by atoms with Gasteiger partial charge in [0.25, 0.3) is 0 Å². The van der Waals surface area contributed by atoms with Crippen molar-refractivity contribution in [1.29, 1.82) is 0 Å². The number of benzene rings is 1.